The number of rotatable bonds is 4. The van der Waals surface area contributed by atoms with E-state index in [9.17, 15) is 0 Å². The van der Waals surface area contributed by atoms with Crippen molar-refractivity contribution in [3.05, 3.63) is 186 Å². The summed E-state index contributed by atoms with van der Waals surface area (Å²) in [5.74, 6) is 6.22. The fraction of sp³-hybridized carbons (Fsp3) is 0.0270. The molecule has 0 saturated carbocycles. The Morgan fingerprint density at radius 3 is 1.08 bits per heavy atom. The second-order valence-electron chi connectivity index (χ2n) is 8.95. The Hall–Kier alpha value is -3.92. The molecule has 0 amide bonds. The van der Waals surface area contributed by atoms with E-state index in [1.807, 2.05) is 60.7 Å². The molecule has 6 rings (SSSR count). The Morgan fingerprint density at radius 2 is 0.769 bits per heavy atom. The first-order valence-electron chi connectivity index (χ1n) is 12.9. The average Bonchev–Trinajstić information content (AvgIpc) is 3.55. The largest absolute Gasteiger partial charge is 0.140 e. The molecule has 0 fully saturated rings. The third-order valence-corrected chi connectivity index (χ3v) is 10.9. The normalized spacial score (nSPS) is 11.6. The molecule has 0 aromatic heterocycles. The van der Waals surface area contributed by atoms with E-state index >= 15 is 0 Å². The maximum absolute atomic E-state index is 3.11. The molecule has 191 valence electrons. The third-order valence-electron chi connectivity index (χ3n) is 6.51. The summed E-state index contributed by atoms with van der Waals surface area (Å²) < 4.78 is 0. The molecule has 0 N–H and O–H groups in total. The van der Waals surface area contributed by atoms with E-state index in [-0.39, 0.29) is 16.8 Å². The quantitative estimate of drug-likeness (QED) is 0.154. The van der Waals surface area contributed by atoms with E-state index in [1.54, 1.807) is 0 Å². The Morgan fingerprint density at radius 1 is 0.436 bits per heavy atom. The van der Waals surface area contributed by atoms with Gasteiger partial charge in [0, 0.05) is 34.3 Å². The third kappa shape index (κ3) is 6.75. The molecule has 0 spiro atoms. The Kier molecular flexibility index (Phi) is 10.3. The Bertz CT molecular complexity index is 1410. The molecule has 0 nitrogen and oxygen atoms in total. The summed E-state index contributed by atoms with van der Waals surface area (Å²) in [7, 11) is -1.80. The summed E-state index contributed by atoms with van der Waals surface area (Å²) in [6.45, 7) is 0. The summed E-state index contributed by atoms with van der Waals surface area (Å²) in [5, 5.41) is 5.82. The molecule has 0 atom stereocenters. The van der Waals surface area contributed by atoms with Gasteiger partial charge in [-0.05, 0) is 66.7 Å². The summed E-state index contributed by atoms with van der Waals surface area (Å²) in [6, 6.07) is 53.1. The molecular weight excluding hydrogens is 534 g/mol. The van der Waals surface area contributed by atoms with Crippen molar-refractivity contribution in [2.24, 2.45) is 0 Å². The van der Waals surface area contributed by atoms with Crippen molar-refractivity contribution >= 4 is 23.2 Å². The molecule has 39 heavy (non-hydrogen) atoms. The van der Waals surface area contributed by atoms with Crippen LogP contribution in [0.1, 0.15) is 17.5 Å². The smallest absolute Gasteiger partial charge is 0.0766 e. The van der Waals surface area contributed by atoms with Gasteiger partial charge in [0.15, 0.2) is 0 Å². The van der Waals surface area contributed by atoms with Gasteiger partial charge in [0.1, 0.15) is 23.2 Å². The van der Waals surface area contributed by atoms with Crippen LogP contribution >= 0.6 is 7.26 Å². The molecule has 0 aliphatic heterocycles. The van der Waals surface area contributed by atoms with Crippen molar-refractivity contribution in [1.29, 1.82) is 0 Å². The summed E-state index contributed by atoms with van der Waals surface area (Å²) in [4.78, 5) is 0. The minimum absolute atomic E-state index is 0. The van der Waals surface area contributed by atoms with Crippen molar-refractivity contribution in [3.8, 4) is 11.8 Å². The molecule has 0 saturated heterocycles. The molecule has 5 aromatic carbocycles. The van der Waals surface area contributed by atoms with E-state index in [1.165, 1.54) is 21.2 Å². The van der Waals surface area contributed by atoms with Crippen molar-refractivity contribution < 1.29 is 16.8 Å². The van der Waals surface area contributed by atoms with E-state index in [0.717, 1.165) is 17.5 Å². The average molecular weight is 565 g/mol. The van der Waals surface area contributed by atoms with E-state index < -0.39 is 7.26 Å². The van der Waals surface area contributed by atoms with Gasteiger partial charge in [0.25, 0.3) is 0 Å². The van der Waals surface area contributed by atoms with Crippen LogP contribution in [0, 0.1) is 11.8 Å². The Balaban J connectivity index is 0.000000202. The van der Waals surface area contributed by atoms with Crippen molar-refractivity contribution in [2.45, 2.75) is 6.42 Å². The van der Waals surface area contributed by atoms with Crippen LogP contribution in [0.3, 0.4) is 0 Å². The summed E-state index contributed by atoms with van der Waals surface area (Å²) in [6.07, 6.45) is 7.85. The van der Waals surface area contributed by atoms with Gasteiger partial charge in [-0.3, -0.25) is 0 Å². The zero-order chi connectivity index (χ0) is 25.9. The van der Waals surface area contributed by atoms with Crippen LogP contribution in [0.2, 0.25) is 0 Å². The van der Waals surface area contributed by atoms with Gasteiger partial charge < -0.3 is 0 Å². The standard InChI is InChI=1S/C23H20P.C14H10.Co/c1-4-12-20(13-5-1)24(23-18-10-11-19-23,21-14-6-2-7-15-21)22-16-8-3-9-17-22;1-3-7-13(8-4-1)11-12-14-9-5-2-6-10-14;/h1-18H,19H2;1-10H;/q+1;;. The molecule has 0 unspecified atom stereocenters. The first-order valence-corrected chi connectivity index (χ1v) is 14.7. The van der Waals surface area contributed by atoms with Crippen LogP contribution in [-0.2, 0) is 16.8 Å². The predicted octanol–water partition coefficient (Wildman–Crippen LogP) is 7.91. The van der Waals surface area contributed by atoms with Crippen LogP contribution in [0.4, 0.5) is 0 Å². The monoisotopic (exact) mass is 564 g/mol. The van der Waals surface area contributed by atoms with Gasteiger partial charge in [0.2, 0.25) is 0 Å². The second kappa shape index (κ2) is 14.3. The maximum atomic E-state index is 3.11. The van der Waals surface area contributed by atoms with Gasteiger partial charge in [-0.2, -0.15) is 0 Å². The number of benzene rings is 5. The SMILES string of the molecule is C(#Cc1ccccc1)c1ccccc1.C1=CCC([P+](c2ccccc2)(c2ccccc2)c2ccccc2)=C1.[Co]. The van der Waals surface area contributed by atoms with Crippen LogP contribution in [-0.4, -0.2) is 0 Å². The fourth-order valence-corrected chi connectivity index (χ4v) is 9.21. The number of hydrogen-bond donors (Lipinski definition) is 0. The maximum Gasteiger partial charge on any atom is 0.140 e. The zero-order valence-corrected chi connectivity index (χ0v) is 23.6. The molecule has 1 aliphatic rings. The van der Waals surface area contributed by atoms with E-state index in [2.05, 4.69) is 121 Å². The first kappa shape index (κ1) is 28.1. The van der Waals surface area contributed by atoms with Gasteiger partial charge in [0.05, 0.1) is 5.31 Å². The number of hydrogen-bond acceptors (Lipinski definition) is 0. The minimum atomic E-state index is -1.80. The van der Waals surface area contributed by atoms with Gasteiger partial charge in [-0.25, -0.2) is 0 Å². The van der Waals surface area contributed by atoms with Crippen LogP contribution in [0.15, 0.2) is 175 Å². The van der Waals surface area contributed by atoms with Crippen LogP contribution < -0.4 is 15.9 Å². The van der Waals surface area contributed by atoms with E-state index in [0.29, 0.717) is 0 Å². The summed E-state index contributed by atoms with van der Waals surface area (Å²) >= 11 is 0. The summed E-state index contributed by atoms with van der Waals surface area (Å²) in [5.41, 5.74) is 2.10. The van der Waals surface area contributed by atoms with Gasteiger partial charge in [-0.1, -0.05) is 115 Å². The molecular formula is C37H30CoP+. The minimum Gasteiger partial charge on any atom is -0.0766 e. The molecule has 1 aliphatic carbocycles. The van der Waals surface area contributed by atoms with Gasteiger partial charge in [-0.15, -0.1) is 0 Å². The predicted molar refractivity (Wildman–Crippen MR) is 166 cm³/mol. The van der Waals surface area contributed by atoms with Crippen molar-refractivity contribution in [1.82, 2.24) is 0 Å². The topological polar surface area (TPSA) is 0 Å². The van der Waals surface area contributed by atoms with Crippen LogP contribution in [0.5, 0.6) is 0 Å². The molecule has 0 heterocycles. The van der Waals surface area contributed by atoms with Gasteiger partial charge >= 0.3 is 0 Å². The van der Waals surface area contributed by atoms with E-state index in [4.69, 9.17) is 0 Å². The zero-order valence-electron chi connectivity index (χ0n) is 21.7. The van der Waals surface area contributed by atoms with Crippen molar-refractivity contribution in [3.63, 3.8) is 0 Å². The molecule has 1 radical (unpaired) electrons. The Labute approximate surface area is 243 Å². The second-order valence-corrected chi connectivity index (χ2v) is 12.4. The fourth-order valence-electron chi connectivity index (χ4n) is 4.77. The van der Waals surface area contributed by atoms with Crippen LogP contribution in [0.25, 0.3) is 0 Å². The van der Waals surface area contributed by atoms with Crippen molar-refractivity contribution in [2.75, 3.05) is 0 Å². The molecule has 0 bridgehead atoms. The molecule has 2 heteroatoms. The first-order chi connectivity index (χ1) is 18.9. The number of allylic oxidation sites excluding steroid dienone is 4. The molecule has 5 aromatic rings.